The summed E-state index contributed by atoms with van der Waals surface area (Å²) in [5.74, 6) is -0.141. The molecular weight excluding hydrogens is 320 g/mol. The predicted octanol–water partition coefficient (Wildman–Crippen LogP) is 2.38. The van der Waals surface area contributed by atoms with Crippen molar-refractivity contribution in [3.63, 3.8) is 0 Å². The van der Waals surface area contributed by atoms with Gasteiger partial charge in [0, 0.05) is 11.1 Å². The van der Waals surface area contributed by atoms with Crippen LogP contribution in [-0.2, 0) is 0 Å². The lowest BCUT2D eigenvalue weighted by molar-refractivity contribution is 0.0357. The maximum atomic E-state index is 12.8. The summed E-state index contributed by atoms with van der Waals surface area (Å²) < 4.78 is 5.25. The summed E-state index contributed by atoms with van der Waals surface area (Å²) in [6.07, 6.45) is 2.80. The van der Waals surface area contributed by atoms with Gasteiger partial charge >= 0.3 is 0 Å². The third-order valence-corrected chi connectivity index (χ3v) is 3.67. The van der Waals surface area contributed by atoms with Crippen molar-refractivity contribution >= 4 is 11.8 Å². The van der Waals surface area contributed by atoms with Gasteiger partial charge in [0.1, 0.15) is 5.75 Å². The highest BCUT2D eigenvalue weighted by atomic mass is 16.5. The van der Waals surface area contributed by atoms with Crippen molar-refractivity contribution in [2.45, 2.75) is 33.2 Å². The Kier molecular flexibility index (Phi) is 5.36. The van der Waals surface area contributed by atoms with Gasteiger partial charge in [-0.1, -0.05) is 6.07 Å². The number of nitrogens with zero attached hydrogens (tertiary/aromatic N) is 3. The maximum Gasteiger partial charge on any atom is 0.274 e. The molecule has 1 heterocycles. The molecule has 1 aromatic carbocycles. The number of hydrazine groups is 1. The number of amides is 2. The van der Waals surface area contributed by atoms with E-state index in [1.807, 2.05) is 20.8 Å². The summed E-state index contributed by atoms with van der Waals surface area (Å²) in [5.41, 5.74) is 3.55. The third-order valence-electron chi connectivity index (χ3n) is 3.67. The zero-order chi connectivity index (χ0) is 18.6. The smallest absolute Gasteiger partial charge is 0.274 e. The van der Waals surface area contributed by atoms with E-state index in [4.69, 9.17) is 4.74 Å². The molecule has 0 saturated heterocycles. The Balaban J connectivity index is 2.32. The highest BCUT2D eigenvalue weighted by molar-refractivity contribution is 6.00. The first kappa shape index (κ1) is 18.4. The molecule has 2 amide bonds. The Labute approximate surface area is 147 Å². The molecule has 7 heteroatoms. The first-order valence-corrected chi connectivity index (χ1v) is 7.81. The van der Waals surface area contributed by atoms with Crippen LogP contribution in [0.25, 0.3) is 0 Å². The molecule has 0 aliphatic rings. The molecule has 0 fully saturated rings. The Morgan fingerprint density at radius 2 is 1.88 bits per heavy atom. The van der Waals surface area contributed by atoms with Gasteiger partial charge in [-0.05, 0) is 45.9 Å². The van der Waals surface area contributed by atoms with Gasteiger partial charge in [-0.2, -0.15) is 10.2 Å². The monoisotopic (exact) mass is 342 g/mol. The molecule has 0 bridgehead atoms. The second kappa shape index (κ2) is 7.29. The van der Waals surface area contributed by atoms with Crippen LogP contribution in [0.5, 0.6) is 5.75 Å². The van der Waals surface area contributed by atoms with Crippen molar-refractivity contribution < 1.29 is 14.3 Å². The lowest BCUT2D eigenvalue weighted by atomic mass is 10.1. The first-order chi connectivity index (χ1) is 11.8. The van der Waals surface area contributed by atoms with Crippen LogP contribution < -0.4 is 10.2 Å². The maximum absolute atomic E-state index is 12.8. The summed E-state index contributed by atoms with van der Waals surface area (Å²) in [4.78, 5) is 25.5. The Morgan fingerprint density at radius 3 is 2.44 bits per heavy atom. The number of hydrogen-bond acceptors (Lipinski definition) is 5. The topological polar surface area (TPSA) is 84.4 Å². The van der Waals surface area contributed by atoms with E-state index in [0.29, 0.717) is 22.4 Å². The van der Waals surface area contributed by atoms with Gasteiger partial charge in [0.05, 0.1) is 30.6 Å². The second-order valence-electron chi connectivity index (χ2n) is 6.52. The normalized spacial score (nSPS) is 10.9. The quantitative estimate of drug-likeness (QED) is 0.866. The number of methoxy groups -OCH3 is 1. The van der Waals surface area contributed by atoms with Crippen molar-refractivity contribution in [1.82, 2.24) is 20.6 Å². The minimum absolute atomic E-state index is 0.340. The van der Waals surface area contributed by atoms with Crippen molar-refractivity contribution in [3.8, 4) is 5.75 Å². The van der Waals surface area contributed by atoms with Crippen LogP contribution in [0.3, 0.4) is 0 Å². The molecule has 2 aromatic rings. The van der Waals surface area contributed by atoms with E-state index in [9.17, 15) is 9.59 Å². The van der Waals surface area contributed by atoms with E-state index >= 15 is 0 Å². The molecule has 7 nitrogen and oxygen atoms in total. The summed E-state index contributed by atoms with van der Waals surface area (Å²) in [7, 11) is 1.55. The molecular formula is C18H22N4O3. The number of carbonyl (C=O) groups excluding carboxylic acids is 2. The number of nitrogens with one attached hydrogen (secondary N) is 1. The molecule has 0 aliphatic carbocycles. The predicted molar refractivity (Wildman–Crippen MR) is 93.2 cm³/mol. The fourth-order valence-corrected chi connectivity index (χ4v) is 2.31. The molecule has 0 radical (unpaired) electrons. The molecule has 0 aliphatic heterocycles. The Bertz CT molecular complexity index is 770. The zero-order valence-electron chi connectivity index (χ0n) is 15.0. The lowest BCUT2D eigenvalue weighted by Crippen LogP contribution is -2.56. The van der Waals surface area contributed by atoms with Crippen molar-refractivity contribution in [2.24, 2.45) is 0 Å². The molecule has 1 N–H and O–H groups in total. The van der Waals surface area contributed by atoms with Crippen LogP contribution in [0.1, 0.15) is 47.1 Å². The van der Waals surface area contributed by atoms with E-state index in [-0.39, 0.29) is 11.8 Å². The number of benzene rings is 1. The van der Waals surface area contributed by atoms with E-state index in [2.05, 4.69) is 15.6 Å². The summed E-state index contributed by atoms with van der Waals surface area (Å²) in [6.45, 7) is 7.29. The van der Waals surface area contributed by atoms with Gasteiger partial charge < -0.3 is 4.74 Å². The summed E-state index contributed by atoms with van der Waals surface area (Å²) in [5, 5.41) is 8.68. The highest BCUT2D eigenvalue weighted by Crippen LogP contribution is 2.22. The van der Waals surface area contributed by atoms with Gasteiger partial charge in [-0.3, -0.25) is 15.0 Å². The summed E-state index contributed by atoms with van der Waals surface area (Å²) in [6, 6.07) is 6.75. The van der Waals surface area contributed by atoms with Crippen molar-refractivity contribution in [3.05, 3.63) is 53.3 Å². The van der Waals surface area contributed by atoms with Crippen LogP contribution in [0.4, 0.5) is 0 Å². The lowest BCUT2D eigenvalue weighted by Gasteiger charge is -2.35. The molecule has 2 rings (SSSR count). The van der Waals surface area contributed by atoms with Gasteiger partial charge in [-0.15, -0.1) is 0 Å². The van der Waals surface area contributed by atoms with Gasteiger partial charge in [-0.25, -0.2) is 5.01 Å². The third kappa shape index (κ3) is 4.12. The average molecular weight is 342 g/mol. The largest absolute Gasteiger partial charge is 0.496 e. The number of rotatable bonds is 3. The number of hydrogen-bond donors (Lipinski definition) is 1. The van der Waals surface area contributed by atoms with Crippen molar-refractivity contribution in [1.29, 1.82) is 0 Å². The fourth-order valence-electron chi connectivity index (χ4n) is 2.31. The Hall–Kier alpha value is -2.96. The van der Waals surface area contributed by atoms with E-state index in [1.165, 1.54) is 17.4 Å². The van der Waals surface area contributed by atoms with E-state index < -0.39 is 5.54 Å². The Morgan fingerprint density at radius 1 is 1.16 bits per heavy atom. The molecule has 1 aromatic heterocycles. The minimum atomic E-state index is -0.636. The standard InChI is InChI=1S/C18H22N4O3/c1-12-14(7-6-8-15(12)25-5)16(23)21-22(18(2,3)4)17(24)13-9-10-19-20-11-13/h6-11H,1-5H3,(H,21,23). The molecule has 132 valence electrons. The average Bonchev–Trinajstić information content (AvgIpc) is 2.59. The van der Waals surface area contributed by atoms with Gasteiger partial charge in [0.15, 0.2) is 0 Å². The number of carbonyl (C=O) groups is 2. The molecule has 0 unspecified atom stereocenters. The SMILES string of the molecule is COc1cccc(C(=O)NN(C(=O)c2ccnnc2)C(C)(C)C)c1C. The molecule has 0 spiro atoms. The van der Waals surface area contributed by atoms with Crippen LogP contribution in [0.2, 0.25) is 0 Å². The first-order valence-electron chi connectivity index (χ1n) is 7.81. The van der Waals surface area contributed by atoms with Gasteiger partial charge in [0.2, 0.25) is 0 Å². The number of ether oxygens (including phenoxy) is 1. The van der Waals surface area contributed by atoms with Crippen LogP contribution in [-0.4, -0.2) is 39.7 Å². The molecule has 0 saturated carbocycles. The molecule has 0 atom stereocenters. The van der Waals surface area contributed by atoms with Crippen LogP contribution in [0, 0.1) is 6.92 Å². The van der Waals surface area contributed by atoms with E-state index in [1.54, 1.807) is 38.3 Å². The van der Waals surface area contributed by atoms with E-state index in [0.717, 1.165) is 0 Å². The number of aromatic nitrogens is 2. The zero-order valence-corrected chi connectivity index (χ0v) is 15.0. The highest BCUT2D eigenvalue weighted by Gasteiger charge is 2.30. The van der Waals surface area contributed by atoms with Gasteiger partial charge in [0.25, 0.3) is 11.8 Å². The fraction of sp³-hybridized carbons (Fsp3) is 0.333. The summed E-state index contributed by atoms with van der Waals surface area (Å²) >= 11 is 0. The minimum Gasteiger partial charge on any atom is -0.496 e. The second-order valence-corrected chi connectivity index (χ2v) is 6.52. The van der Waals surface area contributed by atoms with Crippen LogP contribution >= 0.6 is 0 Å². The van der Waals surface area contributed by atoms with Crippen molar-refractivity contribution in [2.75, 3.05) is 7.11 Å². The molecule has 25 heavy (non-hydrogen) atoms. The van der Waals surface area contributed by atoms with Crippen LogP contribution in [0.15, 0.2) is 36.7 Å².